The second-order valence-corrected chi connectivity index (χ2v) is 8.51. The Morgan fingerprint density at radius 1 is 0.583 bits per heavy atom. The van der Waals surface area contributed by atoms with Crippen molar-refractivity contribution in [3.63, 3.8) is 0 Å². The van der Waals surface area contributed by atoms with Crippen LogP contribution in [0.4, 0.5) is 4.79 Å². The molecule has 0 spiro atoms. The fourth-order valence-electron chi connectivity index (χ4n) is 2.31. The minimum Gasteiger partial charge on any atom is -0.469 e. The maximum Gasteiger partial charge on any atom is 0.410 e. The molecule has 12 heteroatoms. The second kappa shape index (κ2) is 23.8. The highest BCUT2D eigenvalue weighted by molar-refractivity contribution is 5.69. The quantitative estimate of drug-likeness (QED) is 0.135. The largest absolute Gasteiger partial charge is 0.469 e. The zero-order valence-electron chi connectivity index (χ0n) is 22.8. The summed E-state index contributed by atoms with van der Waals surface area (Å²) in [6.07, 6.45) is -0.123. The number of nitrogens with zero attached hydrogens (tertiary/aromatic N) is 1. The minimum atomic E-state index is -0.508. The zero-order valence-corrected chi connectivity index (χ0v) is 22.8. The summed E-state index contributed by atoms with van der Waals surface area (Å²) in [6, 6.07) is 0. The number of hydrogen-bond donors (Lipinski definition) is 0. The van der Waals surface area contributed by atoms with Crippen molar-refractivity contribution in [3.05, 3.63) is 0 Å². The number of rotatable bonds is 24. The van der Waals surface area contributed by atoms with Crippen LogP contribution in [0.15, 0.2) is 0 Å². The molecule has 36 heavy (non-hydrogen) atoms. The van der Waals surface area contributed by atoms with Gasteiger partial charge in [-0.15, -0.1) is 0 Å². The maximum atomic E-state index is 11.8. The second-order valence-electron chi connectivity index (χ2n) is 8.51. The van der Waals surface area contributed by atoms with Crippen LogP contribution < -0.4 is 0 Å². The number of carbonyl (C=O) groups excluding carboxylic acids is 2. The summed E-state index contributed by atoms with van der Waals surface area (Å²) in [5, 5.41) is 0. The van der Waals surface area contributed by atoms with Gasteiger partial charge < -0.3 is 47.5 Å². The van der Waals surface area contributed by atoms with E-state index >= 15 is 0 Å². The monoisotopic (exact) mass is 525 g/mol. The number of esters is 1. The van der Waals surface area contributed by atoms with Crippen LogP contribution in [0.2, 0.25) is 0 Å². The van der Waals surface area contributed by atoms with Gasteiger partial charge in [-0.2, -0.15) is 0 Å². The van der Waals surface area contributed by atoms with E-state index in [2.05, 4.69) is 4.74 Å². The Hall–Kier alpha value is -1.54. The van der Waals surface area contributed by atoms with Crippen LogP contribution in [0.1, 0.15) is 27.2 Å². The van der Waals surface area contributed by atoms with Crippen molar-refractivity contribution in [1.82, 2.24) is 4.90 Å². The van der Waals surface area contributed by atoms with E-state index in [-0.39, 0.29) is 18.5 Å². The average Bonchev–Trinajstić information content (AvgIpc) is 2.83. The molecule has 0 saturated carbocycles. The molecule has 0 aliphatic carbocycles. The molecule has 214 valence electrons. The summed E-state index contributed by atoms with van der Waals surface area (Å²) in [7, 11) is 3.03. The molecule has 0 bridgehead atoms. The first-order chi connectivity index (χ1) is 17.3. The molecule has 0 aromatic heterocycles. The van der Waals surface area contributed by atoms with Gasteiger partial charge in [0.1, 0.15) is 5.60 Å². The number of hydrogen-bond acceptors (Lipinski definition) is 11. The molecule has 0 aromatic rings. The molecule has 0 aliphatic rings. The number of ether oxygens (including phenoxy) is 9. The first-order valence-corrected chi connectivity index (χ1v) is 12.3. The Morgan fingerprint density at radius 2 is 0.917 bits per heavy atom. The lowest BCUT2D eigenvalue weighted by Gasteiger charge is -2.24. The number of methoxy groups -OCH3 is 1. The summed E-state index contributed by atoms with van der Waals surface area (Å²) in [4.78, 5) is 24.2. The predicted octanol–water partition coefficient (Wildman–Crippen LogP) is 1.53. The Kier molecular flexibility index (Phi) is 22.8. The molecule has 0 N–H and O–H groups in total. The van der Waals surface area contributed by atoms with E-state index in [1.54, 1.807) is 7.05 Å². The highest BCUT2D eigenvalue weighted by atomic mass is 16.6. The fourth-order valence-corrected chi connectivity index (χ4v) is 2.31. The van der Waals surface area contributed by atoms with Crippen LogP contribution in [0.5, 0.6) is 0 Å². The van der Waals surface area contributed by atoms with E-state index in [9.17, 15) is 9.59 Å². The lowest BCUT2D eigenvalue weighted by Crippen LogP contribution is -2.36. The van der Waals surface area contributed by atoms with Crippen molar-refractivity contribution in [3.8, 4) is 0 Å². The van der Waals surface area contributed by atoms with Crippen molar-refractivity contribution in [1.29, 1.82) is 0 Å². The van der Waals surface area contributed by atoms with Gasteiger partial charge in [-0.1, -0.05) is 0 Å². The van der Waals surface area contributed by atoms with Crippen LogP contribution in [0.3, 0.4) is 0 Å². The molecular formula is C24H47NO11. The van der Waals surface area contributed by atoms with Crippen molar-refractivity contribution >= 4 is 12.1 Å². The van der Waals surface area contributed by atoms with E-state index in [4.69, 9.17) is 37.9 Å². The van der Waals surface area contributed by atoms with Crippen LogP contribution in [-0.4, -0.2) is 136 Å². The molecule has 1 amide bonds. The van der Waals surface area contributed by atoms with Gasteiger partial charge in [-0.3, -0.25) is 4.79 Å². The molecule has 0 rings (SSSR count). The van der Waals surface area contributed by atoms with Crippen LogP contribution in [0, 0.1) is 0 Å². The van der Waals surface area contributed by atoms with Crippen molar-refractivity contribution in [2.45, 2.75) is 32.8 Å². The van der Waals surface area contributed by atoms with Crippen LogP contribution >= 0.6 is 0 Å². The number of amides is 1. The van der Waals surface area contributed by atoms with Crippen molar-refractivity contribution in [2.75, 3.05) is 113 Å². The summed E-state index contributed by atoms with van der Waals surface area (Å²) < 4.78 is 47.5. The van der Waals surface area contributed by atoms with Crippen LogP contribution in [-0.2, 0) is 47.4 Å². The molecule has 0 unspecified atom stereocenters. The maximum absolute atomic E-state index is 11.8. The average molecular weight is 526 g/mol. The zero-order chi connectivity index (χ0) is 26.9. The van der Waals surface area contributed by atoms with E-state index < -0.39 is 5.60 Å². The lowest BCUT2D eigenvalue weighted by atomic mass is 10.2. The predicted molar refractivity (Wildman–Crippen MR) is 131 cm³/mol. The third-order valence-electron chi connectivity index (χ3n) is 4.19. The molecule has 0 radical (unpaired) electrons. The Labute approximate surface area is 215 Å². The summed E-state index contributed by atoms with van der Waals surface area (Å²) in [6.45, 7) is 12.3. The minimum absolute atomic E-state index is 0.243. The van der Waals surface area contributed by atoms with Gasteiger partial charge in [0.15, 0.2) is 0 Å². The smallest absolute Gasteiger partial charge is 0.410 e. The first-order valence-electron chi connectivity index (χ1n) is 12.3. The molecule has 0 fully saturated rings. The van der Waals surface area contributed by atoms with Crippen molar-refractivity contribution < 1.29 is 52.2 Å². The van der Waals surface area contributed by atoms with E-state index in [0.717, 1.165) is 0 Å². The van der Waals surface area contributed by atoms with E-state index in [0.29, 0.717) is 99.0 Å². The van der Waals surface area contributed by atoms with E-state index in [1.165, 1.54) is 12.0 Å². The summed E-state index contributed by atoms with van der Waals surface area (Å²) >= 11 is 0. The normalized spacial score (nSPS) is 11.5. The molecule has 0 aromatic carbocycles. The van der Waals surface area contributed by atoms with E-state index in [1.807, 2.05) is 20.8 Å². The first kappa shape index (κ1) is 34.5. The van der Waals surface area contributed by atoms with Gasteiger partial charge in [0.25, 0.3) is 0 Å². The van der Waals surface area contributed by atoms with Gasteiger partial charge in [-0.05, 0) is 20.8 Å². The summed E-state index contributed by atoms with van der Waals surface area (Å²) in [5.74, 6) is -0.288. The molecule has 0 atom stereocenters. The van der Waals surface area contributed by atoms with Crippen LogP contribution in [0.25, 0.3) is 0 Å². The fraction of sp³-hybridized carbons (Fsp3) is 0.917. The Balaban J connectivity index is 3.20. The van der Waals surface area contributed by atoms with Gasteiger partial charge >= 0.3 is 12.1 Å². The topological polar surface area (TPSA) is 120 Å². The Bertz CT molecular complexity index is 529. The van der Waals surface area contributed by atoms with Gasteiger partial charge in [-0.25, -0.2) is 4.79 Å². The third kappa shape index (κ3) is 25.5. The highest BCUT2D eigenvalue weighted by Crippen LogP contribution is 2.08. The molecule has 0 saturated heterocycles. The highest BCUT2D eigenvalue weighted by Gasteiger charge is 2.19. The van der Waals surface area contributed by atoms with Gasteiger partial charge in [0, 0.05) is 13.6 Å². The molecule has 12 nitrogen and oxygen atoms in total. The molecule has 0 heterocycles. The van der Waals surface area contributed by atoms with Gasteiger partial charge in [0.2, 0.25) is 0 Å². The summed E-state index contributed by atoms with van der Waals surface area (Å²) in [5.41, 5.74) is -0.508. The lowest BCUT2D eigenvalue weighted by molar-refractivity contribution is -0.141. The van der Waals surface area contributed by atoms with Crippen molar-refractivity contribution in [2.24, 2.45) is 0 Å². The third-order valence-corrected chi connectivity index (χ3v) is 4.19. The SMILES string of the molecule is COC(=O)CCOCCOCCOCCOCCOCCOCCOCCN(C)C(=O)OC(C)(C)C. The molecular weight excluding hydrogens is 478 g/mol. The molecule has 0 aliphatic heterocycles. The number of likely N-dealkylation sites (N-methyl/N-ethyl adjacent to an activating group) is 1. The standard InChI is InChI=1S/C24H47NO11/c1-24(2,3)36-23(27)25(4)7-9-30-11-13-32-15-17-34-19-21-35-20-18-33-16-14-31-12-10-29-8-6-22(26)28-5/h6-21H2,1-5H3. The number of carbonyl (C=O) groups is 2. The van der Waals surface area contributed by atoms with Gasteiger partial charge in [0.05, 0.1) is 106 Å². The Morgan fingerprint density at radius 3 is 1.25 bits per heavy atom.